The fraction of sp³-hybridized carbons (Fsp3) is 0.304. The number of piperazine rings is 1. The molecular formula is C23H25N3O5. The van der Waals surface area contributed by atoms with Crippen molar-refractivity contribution in [1.82, 2.24) is 9.47 Å². The van der Waals surface area contributed by atoms with E-state index in [1.807, 2.05) is 40.8 Å². The molecule has 2 N–H and O–H groups in total. The van der Waals surface area contributed by atoms with Gasteiger partial charge >= 0.3 is 11.9 Å². The standard InChI is InChI=1S/C23H25N3O5/c1-24-14-19(18-12-15(22(27)28)6-7-20(18)24)21(23(29)30)26-10-8-25(9-11-26)16-4-3-5-17(13-16)31-2/h3-7,12-14,21H,8-11H2,1-2H3,(H,27,28)(H,29,30). The number of rotatable bonds is 6. The molecule has 1 fully saturated rings. The highest BCUT2D eigenvalue weighted by molar-refractivity contribution is 5.96. The first-order chi connectivity index (χ1) is 14.9. The first kappa shape index (κ1) is 20.7. The van der Waals surface area contributed by atoms with Gasteiger partial charge in [0, 0.05) is 67.6 Å². The Morgan fingerprint density at radius 1 is 1.03 bits per heavy atom. The van der Waals surface area contributed by atoms with Crippen LogP contribution in [-0.2, 0) is 11.8 Å². The van der Waals surface area contributed by atoms with Crippen molar-refractivity contribution in [2.24, 2.45) is 7.05 Å². The van der Waals surface area contributed by atoms with E-state index in [4.69, 9.17) is 4.74 Å². The number of ether oxygens (including phenoxy) is 1. The maximum atomic E-state index is 12.3. The largest absolute Gasteiger partial charge is 0.497 e. The highest BCUT2D eigenvalue weighted by atomic mass is 16.5. The van der Waals surface area contributed by atoms with Gasteiger partial charge in [0.05, 0.1) is 12.7 Å². The molecule has 2 aromatic carbocycles. The topological polar surface area (TPSA) is 95.2 Å². The Kier molecular flexibility index (Phi) is 5.56. The van der Waals surface area contributed by atoms with Gasteiger partial charge in [-0.25, -0.2) is 4.79 Å². The molecule has 0 bridgehead atoms. The van der Waals surface area contributed by atoms with Crippen LogP contribution in [0.15, 0.2) is 48.7 Å². The molecule has 31 heavy (non-hydrogen) atoms. The number of aromatic nitrogens is 1. The SMILES string of the molecule is COc1cccc(N2CCN(C(C(=O)O)c3cn(C)c4ccc(C(=O)O)cc34)CC2)c1. The number of fused-ring (bicyclic) bond motifs is 1. The van der Waals surface area contributed by atoms with Crippen LogP contribution in [0.2, 0.25) is 0 Å². The average molecular weight is 423 g/mol. The van der Waals surface area contributed by atoms with E-state index in [-0.39, 0.29) is 5.56 Å². The van der Waals surface area contributed by atoms with E-state index in [2.05, 4.69) is 4.90 Å². The normalized spacial score (nSPS) is 15.7. The zero-order valence-electron chi connectivity index (χ0n) is 17.5. The Balaban J connectivity index is 1.61. The van der Waals surface area contributed by atoms with Crippen LogP contribution >= 0.6 is 0 Å². The van der Waals surface area contributed by atoms with Crippen molar-refractivity contribution in [3.63, 3.8) is 0 Å². The minimum absolute atomic E-state index is 0.145. The summed E-state index contributed by atoms with van der Waals surface area (Å²) in [5.41, 5.74) is 2.61. The van der Waals surface area contributed by atoms with Gasteiger partial charge < -0.3 is 24.4 Å². The molecule has 0 radical (unpaired) electrons. The molecule has 1 saturated heterocycles. The van der Waals surface area contributed by atoms with Crippen LogP contribution in [-0.4, -0.2) is 64.9 Å². The monoisotopic (exact) mass is 423 g/mol. The highest BCUT2D eigenvalue weighted by Gasteiger charge is 2.33. The van der Waals surface area contributed by atoms with Crippen LogP contribution in [0.1, 0.15) is 22.0 Å². The number of benzene rings is 2. The summed E-state index contributed by atoms with van der Waals surface area (Å²) in [5.74, 6) is -1.19. The maximum absolute atomic E-state index is 12.3. The maximum Gasteiger partial charge on any atom is 0.335 e. The number of methoxy groups -OCH3 is 1. The van der Waals surface area contributed by atoms with Crippen LogP contribution in [0.3, 0.4) is 0 Å². The molecule has 0 spiro atoms. The number of nitrogens with zero attached hydrogens (tertiary/aromatic N) is 3. The summed E-state index contributed by atoms with van der Waals surface area (Å²) < 4.78 is 7.15. The van der Waals surface area contributed by atoms with E-state index in [1.165, 1.54) is 6.07 Å². The summed E-state index contributed by atoms with van der Waals surface area (Å²) in [6, 6.07) is 11.8. The second-order valence-electron chi connectivity index (χ2n) is 7.70. The minimum Gasteiger partial charge on any atom is -0.497 e. The highest BCUT2D eigenvalue weighted by Crippen LogP contribution is 2.32. The average Bonchev–Trinajstić information content (AvgIpc) is 3.09. The number of aryl methyl sites for hydroxylation is 1. The van der Waals surface area contributed by atoms with E-state index >= 15 is 0 Å². The number of aromatic carboxylic acids is 1. The first-order valence-electron chi connectivity index (χ1n) is 10.1. The zero-order valence-corrected chi connectivity index (χ0v) is 17.5. The molecule has 2 heterocycles. The van der Waals surface area contributed by atoms with Gasteiger partial charge in [-0.15, -0.1) is 0 Å². The predicted molar refractivity (Wildman–Crippen MR) is 117 cm³/mol. The van der Waals surface area contributed by atoms with Crippen LogP contribution in [0.5, 0.6) is 5.75 Å². The number of carboxylic acids is 2. The third-order valence-corrected chi connectivity index (χ3v) is 5.89. The van der Waals surface area contributed by atoms with Crippen LogP contribution in [0, 0.1) is 0 Å². The number of carboxylic acid groups (broad SMARTS) is 2. The molecular weight excluding hydrogens is 398 g/mol. The second kappa shape index (κ2) is 8.31. The van der Waals surface area contributed by atoms with E-state index in [1.54, 1.807) is 25.4 Å². The summed E-state index contributed by atoms with van der Waals surface area (Å²) in [5, 5.41) is 20.1. The zero-order chi connectivity index (χ0) is 22.1. The van der Waals surface area contributed by atoms with Gasteiger partial charge in [-0.05, 0) is 30.3 Å². The number of anilines is 1. The Morgan fingerprint density at radius 3 is 2.42 bits per heavy atom. The quantitative estimate of drug-likeness (QED) is 0.629. The molecule has 0 amide bonds. The van der Waals surface area contributed by atoms with Crippen molar-refractivity contribution < 1.29 is 24.5 Å². The van der Waals surface area contributed by atoms with E-state index in [9.17, 15) is 19.8 Å². The summed E-state index contributed by atoms with van der Waals surface area (Å²) >= 11 is 0. The number of hydrogen-bond donors (Lipinski definition) is 2. The fourth-order valence-electron chi connectivity index (χ4n) is 4.30. The molecule has 8 nitrogen and oxygen atoms in total. The second-order valence-corrected chi connectivity index (χ2v) is 7.70. The third kappa shape index (κ3) is 3.94. The number of aliphatic carboxylic acids is 1. The molecule has 1 aliphatic rings. The van der Waals surface area contributed by atoms with Crippen molar-refractivity contribution in [3.8, 4) is 5.75 Å². The lowest BCUT2D eigenvalue weighted by molar-refractivity contribution is -0.143. The molecule has 0 aliphatic carbocycles. The Hall–Kier alpha value is -3.52. The van der Waals surface area contributed by atoms with Gasteiger partial charge in [-0.3, -0.25) is 9.69 Å². The lowest BCUT2D eigenvalue weighted by Gasteiger charge is -2.38. The summed E-state index contributed by atoms with van der Waals surface area (Å²) in [4.78, 5) is 27.9. The smallest absolute Gasteiger partial charge is 0.335 e. The molecule has 1 aliphatic heterocycles. The van der Waals surface area contributed by atoms with Crippen LogP contribution < -0.4 is 9.64 Å². The lowest BCUT2D eigenvalue weighted by atomic mass is 10.0. The number of hydrogen-bond acceptors (Lipinski definition) is 5. The van der Waals surface area contributed by atoms with Crippen molar-refractivity contribution in [3.05, 3.63) is 59.8 Å². The third-order valence-electron chi connectivity index (χ3n) is 5.89. The lowest BCUT2D eigenvalue weighted by Crippen LogP contribution is -2.49. The van der Waals surface area contributed by atoms with Crippen LogP contribution in [0.4, 0.5) is 5.69 Å². The van der Waals surface area contributed by atoms with E-state index in [0.717, 1.165) is 17.0 Å². The van der Waals surface area contributed by atoms with Gasteiger partial charge in [-0.1, -0.05) is 6.07 Å². The van der Waals surface area contributed by atoms with Crippen molar-refractivity contribution in [1.29, 1.82) is 0 Å². The van der Waals surface area contributed by atoms with Gasteiger partial charge in [0.15, 0.2) is 0 Å². The molecule has 4 rings (SSSR count). The molecule has 1 aromatic heterocycles. The molecule has 162 valence electrons. The Labute approximate surface area is 179 Å². The summed E-state index contributed by atoms with van der Waals surface area (Å²) in [7, 11) is 3.47. The summed E-state index contributed by atoms with van der Waals surface area (Å²) in [6.07, 6.45) is 1.80. The van der Waals surface area contributed by atoms with Crippen molar-refractivity contribution in [2.45, 2.75) is 6.04 Å². The molecule has 1 atom stereocenters. The Bertz CT molecular complexity index is 1130. The van der Waals surface area contributed by atoms with E-state index in [0.29, 0.717) is 37.1 Å². The first-order valence-corrected chi connectivity index (χ1v) is 10.1. The van der Waals surface area contributed by atoms with Gasteiger partial charge in [-0.2, -0.15) is 0 Å². The minimum atomic E-state index is -1.03. The summed E-state index contributed by atoms with van der Waals surface area (Å²) in [6.45, 7) is 2.51. The van der Waals surface area contributed by atoms with Gasteiger partial charge in [0.25, 0.3) is 0 Å². The van der Waals surface area contributed by atoms with Crippen molar-refractivity contribution >= 4 is 28.5 Å². The van der Waals surface area contributed by atoms with Gasteiger partial charge in [0.2, 0.25) is 0 Å². The molecule has 1 unspecified atom stereocenters. The van der Waals surface area contributed by atoms with Crippen molar-refractivity contribution in [2.75, 3.05) is 38.2 Å². The van der Waals surface area contributed by atoms with Gasteiger partial charge in [0.1, 0.15) is 11.8 Å². The number of carbonyl (C=O) groups is 2. The predicted octanol–water partition coefficient (Wildman–Crippen LogP) is 2.83. The van der Waals surface area contributed by atoms with Crippen LogP contribution in [0.25, 0.3) is 10.9 Å². The van der Waals surface area contributed by atoms with E-state index < -0.39 is 18.0 Å². The Morgan fingerprint density at radius 2 is 1.77 bits per heavy atom. The molecule has 3 aromatic rings. The molecule has 8 heteroatoms. The molecule has 0 saturated carbocycles. The fourth-order valence-corrected chi connectivity index (χ4v) is 4.30.